The van der Waals surface area contributed by atoms with Gasteiger partial charge in [-0.15, -0.1) is 5.06 Å². The van der Waals surface area contributed by atoms with Crippen molar-refractivity contribution in [3.63, 3.8) is 0 Å². The summed E-state index contributed by atoms with van der Waals surface area (Å²) in [7, 11) is 1.51. The summed E-state index contributed by atoms with van der Waals surface area (Å²) in [5, 5.41) is 13.6. The van der Waals surface area contributed by atoms with Crippen LogP contribution in [0.3, 0.4) is 0 Å². The van der Waals surface area contributed by atoms with Crippen LogP contribution in [0.2, 0.25) is 0 Å². The third-order valence-corrected chi connectivity index (χ3v) is 4.63. The van der Waals surface area contributed by atoms with Gasteiger partial charge in [0.2, 0.25) is 5.91 Å². The quantitative estimate of drug-likeness (QED) is 0.548. The molecule has 2 unspecified atom stereocenters. The molecule has 23 heavy (non-hydrogen) atoms. The summed E-state index contributed by atoms with van der Waals surface area (Å²) in [4.78, 5) is 31.2. The van der Waals surface area contributed by atoms with Crippen molar-refractivity contribution in [1.29, 1.82) is 0 Å². The average Bonchev–Trinajstić information content (AvgIpc) is 2.68. The number of amides is 2. The second-order valence-corrected chi connectivity index (χ2v) is 6.44. The van der Waals surface area contributed by atoms with E-state index in [-0.39, 0.29) is 17.9 Å². The number of carbonyl (C=O) groups excluding carboxylic acids is 2. The van der Waals surface area contributed by atoms with Crippen molar-refractivity contribution < 1.29 is 19.5 Å². The number of hydrazine groups is 1. The molecular weight excluding hydrogens is 300 g/mol. The molecule has 2 heterocycles. The number of nitrogens with zero attached hydrogens (tertiary/aromatic N) is 3. The Kier molecular flexibility index (Phi) is 5.61. The monoisotopic (exact) mass is 328 g/mol. The van der Waals surface area contributed by atoms with E-state index in [1.807, 2.05) is 0 Å². The molecule has 2 N–H and O–H groups in total. The predicted octanol–water partition coefficient (Wildman–Crippen LogP) is 0.0422. The van der Waals surface area contributed by atoms with Gasteiger partial charge in [-0.05, 0) is 26.2 Å². The molecule has 0 aliphatic carbocycles. The number of hydrogen-bond acceptors (Lipinski definition) is 6. The van der Waals surface area contributed by atoms with Gasteiger partial charge in [0.15, 0.2) is 5.85 Å². The first-order valence-electron chi connectivity index (χ1n) is 8.25. The van der Waals surface area contributed by atoms with Crippen LogP contribution in [0, 0.1) is 0 Å². The van der Waals surface area contributed by atoms with Gasteiger partial charge in [-0.1, -0.05) is 13.3 Å². The summed E-state index contributed by atoms with van der Waals surface area (Å²) in [5.74, 6) is -1.85. The molecule has 2 aliphatic rings. The third kappa shape index (κ3) is 3.65. The van der Waals surface area contributed by atoms with E-state index in [4.69, 9.17) is 4.84 Å². The second-order valence-electron chi connectivity index (χ2n) is 6.44. The van der Waals surface area contributed by atoms with Crippen LogP contribution in [0.5, 0.6) is 0 Å². The average molecular weight is 328 g/mol. The van der Waals surface area contributed by atoms with Crippen molar-refractivity contribution in [2.24, 2.45) is 0 Å². The number of piperidine rings is 1. The van der Waals surface area contributed by atoms with Crippen molar-refractivity contribution in [3.05, 3.63) is 0 Å². The van der Waals surface area contributed by atoms with Gasteiger partial charge in [-0.2, -0.15) is 0 Å². The minimum absolute atomic E-state index is 0.0800. The number of nitrogens with one attached hydrogen (secondary N) is 1. The lowest BCUT2D eigenvalue weighted by atomic mass is 10.0. The highest BCUT2D eigenvalue weighted by atomic mass is 16.7. The Morgan fingerprint density at radius 3 is 2.74 bits per heavy atom. The molecule has 4 atom stereocenters. The first kappa shape index (κ1) is 18.1. The molecule has 2 bridgehead atoms. The van der Waals surface area contributed by atoms with Crippen molar-refractivity contribution in [2.45, 2.75) is 64.4 Å². The first-order valence-corrected chi connectivity index (χ1v) is 8.25. The molecule has 2 rings (SSSR count). The number of hydroxylamine groups is 2. The first-order chi connectivity index (χ1) is 10.8. The largest absolute Gasteiger partial charge is 0.361 e. The van der Waals surface area contributed by atoms with E-state index in [0.29, 0.717) is 19.6 Å². The number of aliphatic hydroxyl groups is 1. The van der Waals surface area contributed by atoms with Crippen molar-refractivity contribution in [1.82, 2.24) is 20.4 Å². The van der Waals surface area contributed by atoms with E-state index in [2.05, 4.69) is 12.3 Å². The van der Waals surface area contributed by atoms with Crippen molar-refractivity contribution >= 4 is 11.8 Å². The Hall–Kier alpha value is -1.22. The Labute approximate surface area is 137 Å². The fraction of sp³-hybridized carbons (Fsp3) is 0.867. The smallest absolute Gasteiger partial charge is 0.256 e. The topological polar surface area (TPSA) is 85.4 Å². The second kappa shape index (κ2) is 7.12. The lowest BCUT2D eigenvalue weighted by Gasteiger charge is -2.38. The van der Waals surface area contributed by atoms with Crippen LogP contribution >= 0.6 is 0 Å². The zero-order valence-corrected chi connectivity index (χ0v) is 14.4. The molecule has 0 aromatic rings. The number of fused-ring (bicyclic) bond motifs is 2. The van der Waals surface area contributed by atoms with Crippen LogP contribution < -0.4 is 5.43 Å². The standard InChI is InChI=1S/C15H28N4O4/c1-5-6-9-23-19-12-7-8-13(18(10-12)15(19,3)22)14(21)16-17(4)11(2)20/h12-13,22H,5-10H2,1-4H3,(H,16,21)/t12-,13+,15?/m1/s1. The molecule has 2 saturated heterocycles. The van der Waals surface area contributed by atoms with Crippen molar-refractivity contribution in [2.75, 3.05) is 20.2 Å². The van der Waals surface area contributed by atoms with Crippen LogP contribution in [0.15, 0.2) is 0 Å². The summed E-state index contributed by atoms with van der Waals surface area (Å²) in [6, 6.07) is -0.403. The predicted molar refractivity (Wildman–Crippen MR) is 83.4 cm³/mol. The Morgan fingerprint density at radius 1 is 1.43 bits per heavy atom. The number of carbonyl (C=O) groups is 2. The lowest BCUT2D eigenvalue weighted by molar-refractivity contribution is -0.313. The SMILES string of the molecule is CCCCON1[C@@H]2CC[C@@H](C(=O)NN(C)C(C)=O)N(C2)C1(C)O. The highest BCUT2D eigenvalue weighted by Gasteiger charge is 2.55. The number of unbranched alkanes of at least 4 members (excludes halogenated alkanes) is 1. The highest BCUT2D eigenvalue weighted by Crippen LogP contribution is 2.38. The molecule has 8 heteroatoms. The van der Waals surface area contributed by atoms with E-state index < -0.39 is 11.9 Å². The third-order valence-electron chi connectivity index (χ3n) is 4.63. The van der Waals surface area contributed by atoms with Crippen LogP contribution in [-0.2, 0) is 14.4 Å². The maximum atomic E-state index is 12.4. The molecule has 2 fully saturated rings. The van der Waals surface area contributed by atoms with Gasteiger partial charge in [-0.3, -0.25) is 24.9 Å². The van der Waals surface area contributed by atoms with Gasteiger partial charge in [0.1, 0.15) is 0 Å². The molecule has 0 aromatic carbocycles. The van der Waals surface area contributed by atoms with E-state index in [1.54, 1.807) is 16.9 Å². The van der Waals surface area contributed by atoms with Crippen LogP contribution in [0.4, 0.5) is 0 Å². The fourth-order valence-corrected chi connectivity index (χ4v) is 3.21. The Morgan fingerprint density at radius 2 is 2.13 bits per heavy atom. The molecule has 0 radical (unpaired) electrons. The van der Waals surface area contributed by atoms with Gasteiger partial charge in [-0.25, -0.2) is 4.90 Å². The van der Waals surface area contributed by atoms with Crippen molar-refractivity contribution in [3.8, 4) is 0 Å². The van der Waals surface area contributed by atoms with Crippen LogP contribution in [0.25, 0.3) is 0 Å². The summed E-state index contributed by atoms with van der Waals surface area (Å²) < 4.78 is 0. The molecule has 0 spiro atoms. The molecular formula is C15H28N4O4. The minimum Gasteiger partial charge on any atom is -0.361 e. The van der Waals surface area contributed by atoms with Gasteiger partial charge >= 0.3 is 0 Å². The normalized spacial score (nSPS) is 33.5. The summed E-state index contributed by atoms with van der Waals surface area (Å²) in [6.07, 6.45) is 3.33. The number of rotatable bonds is 5. The maximum Gasteiger partial charge on any atom is 0.256 e. The van der Waals surface area contributed by atoms with Gasteiger partial charge < -0.3 is 5.11 Å². The van der Waals surface area contributed by atoms with E-state index in [9.17, 15) is 14.7 Å². The molecule has 0 saturated carbocycles. The lowest BCUT2D eigenvalue weighted by Crippen LogP contribution is -2.59. The molecule has 132 valence electrons. The zero-order chi connectivity index (χ0) is 17.2. The van der Waals surface area contributed by atoms with Crippen LogP contribution in [0.1, 0.15) is 46.5 Å². The summed E-state index contributed by atoms with van der Waals surface area (Å²) in [6.45, 7) is 6.24. The molecule has 2 amide bonds. The Bertz CT molecular complexity index is 457. The van der Waals surface area contributed by atoms with E-state index in [0.717, 1.165) is 24.3 Å². The van der Waals surface area contributed by atoms with E-state index in [1.165, 1.54) is 14.0 Å². The fourth-order valence-electron chi connectivity index (χ4n) is 3.21. The van der Waals surface area contributed by atoms with E-state index >= 15 is 0 Å². The van der Waals surface area contributed by atoms with Crippen LogP contribution in [-0.4, -0.2) is 70.0 Å². The molecule has 0 aromatic heterocycles. The van der Waals surface area contributed by atoms with Gasteiger partial charge in [0.25, 0.3) is 5.91 Å². The number of hydrogen-bond donors (Lipinski definition) is 2. The minimum atomic E-state index is -1.33. The van der Waals surface area contributed by atoms with Gasteiger partial charge in [0.05, 0.1) is 18.7 Å². The summed E-state index contributed by atoms with van der Waals surface area (Å²) >= 11 is 0. The highest BCUT2D eigenvalue weighted by molar-refractivity contribution is 5.84. The maximum absolute atomic E-state index is 12.4. The molecule has 2 aliphatic heterocycles. The zero-order valence-electron chi connectivity index (χ0n) is 14.4. The molecule has 8 nitrogen and oxygen atoms in total. The van der Waals surface area contributed by atoms with Gasteiger partial charge in [0, 0.05) is 20.5 Å². The Balaban J connectivity index is 2.04. The summed E-state index contributed by atoms with van der Waals surface area (Å²) in [5.41, 5.74) is 2.57.